The Morgan fingerprint density at radius 2 is 1.72 bits per heavy atom. The number of imidazole rings is 2. The fourth-order valence-electron chi connectivity index (χ4n) is 4.00. The Hall–Kier alpha value is -2.05. The Labute approximate surface area is 181 Å². The van der Waals surface area contributed by atoms with Crippen molar-refractivity contribution >= 4 is 40.8 Å². The molecule has 29 heavy (non-hydrogen) atoms. The molecule has 0 spiro atoms. The molecule has 1 saturated heterocycles. The molecular weight excluding hydrogens is 407 g/mol. The molecule has 5 rings (SSSR count). The Balaban J connectivity index is 0.00000205. The van der Waals surface area contributed by atoms with Crippen molar-refractivity contribution in [2.75, 3.05) is 32.8 Å². The molecule has 152 valence electrons. The van der Waals surface area contributed by atoms with E-state index in [1.54, 1.807) is 0 Å². The second-order valence-electron chi connectivity index (χ2n) is 7.25. The molecule has 2 aromatic carbocycles. The summed E-state index contributed by atoms with van der Waals surface area (Å²) in [5.74, 6) is 0.994. The van der Waals surface area contributed by atoms with Crippen LogP contribution in [0.3, 0.4) is 0 Å². The van der Waals surface area contributed by atoms with Crippen molar-refractivity contribution in [1.82, 2.24) is 18.9 Å². The van der Waals surface area contributed by atoms with Crippen molar-refractivity contribution in [3.8, 4) is 11.3 Å². The number of nitrogens with zero attached hydrogens (tertiary/aromatic N) is 4. The maximum absolute atomic E-state index is 6.10. The van der Waals surface area contributed by atoms with E-state index in [0.717, 1.165) is 73.2 Å². The van der Waals surface area contributed by atoms with Crippen LogP contribution in [0.25, 0.3) is 28.1 Å². The van der Waals surface area contributed by atoms with Gasteiger partial charge in [-0.1, -0.05) is 35.9 Å². The summed E-state index contributed by atoms with van der Waals surface area (Å²) in [7, 11) is 0. The highest BCUT2D eigenvalue weighted by Gasteiger charge is 2.16. The van der Waals surface area contributed by atoms with E-state index in [1.807, 2.05) is 18.2 Å². The number of benzene rings is 2. The third-order valence-electron chi connectivity index (χ3n) is 5.46. The van der Waals surface area contributed by atoms with Gasteiger partial charge in [0.05, 0.1) is 29.9 Å². The molecule has 7 heteroatoms. The van der Waals surface area contributed by atoms with Crippen LogP contribution in [-0.4, -0.2) is 51.7 Å². The van der Waals surface area contributed by atoms with Gasteiger partial charge in [-0.25, -0.2) is 4.98 Å². The molecule has 1 aliphatic rings. The van der Waals surface area contributed by atoms with E-state index in [0.29, 0.717) is 0 Å². The van der Waals surface area contributed by atoms with E-state index in [2.05, 4.69) is 50.4 Å². The van der Waals surface area contributed by atoms with Crippen LogP contribution < -0.4 is 0 Å². The lowest BCUT2D eigenvalue weighted by molar-refractivity contribution is 0.0370. The van der Waals surface area contributed by atoms with E-state index in [4.69, 9.17) is 21.3 Å². The average molecular weight is 431 g/mol. The fraction of sp³-hybridized carbons (Fsp3) is 0.318. The van der Waals surface area contributed by atoms with Gasteiger partial charge in [0, 0.05) is 37.4 Å². The lowest BCUT2D eigenvalue weighted by Gasteiger charge is -2.26. The van der Waals surface area contributed by atoms with Gasteiger partial charge >= 0.3 is 0 Å². The van der Waals surface area contributed by atoms with E-state index in [9.17, 15) is 0 Å². The van der Waals surface area contributed by atoms with Crippen LogP contribution in [0.2, 0.25) is 5.02 Å². The molecule has 0 amide bonds. The molecular formula is C22H24Cl2N4O. The molecule has 5 nitrogen and oxygen atoms in total. The molecule has 4 aromatic rings. The van der Waals surface area contributed by atoms with Gasteiger partial charge in [-0.2, -0.15) is 0 Å². The number of hydrogen-bond acceptors (Lipinski definition) is 3. The summed E-state index contributed by atoms with van der Waals surface area (Å²) in [6, 6.07) is 16.4. The van der Waals surface area contributed by atoms with Gasteiger partial charge in [0.2, 0.25) is 5.78 Å². The maximum atomic E-state index is 6.10. The number of halogens is 2. The van der Waals surface area contributed by atoms with Gasteiger partial charge in [-0.3, -0.25) is 9.30 Å². The lowest BCUT2D eigenvalue weighted by Crippen LogP contribution is -2.37. The summed E-state index contributed by atoms with van der Waals surface area (Å²) in [4.78, 5) is 7.39. The van der Waals surface area contributed by atoms with Crippen LogP contribution in [0.15, 0.2) is 54.7 Å². The highest BCUT2D eigenvalue weighted by molar-refractivity contribution is 6.30. The second kappa shape index (κ2) is 8.76. The quantitative estimate of drug-likeness (QED) is 0.457. The third-order valence-corrected chi connectivity index (χ3v) is 5.71. The first-order chi connectivity index (χ1) is 13.8. The Morgan fingerprint density at radius 3 is 2.52 bits per heavy atom. The standard InChI is InChI=1S/C22H23ClN4O.ClH/c23-18-8-6-17(7-9-18)21-16-27-20-5-2-1-4-19(20)24-22(27)26(21)11-3-10-25-12-14-28-15-13-25;/h1-2,4-9,16H,3,10-15H2;1H. The summed E-state index contributed by atoms with van der Waals surface area (Å²) in [5.41, 5.74) is 4.50. The smallest absolute Gasteiger partial charge is 0.215 e. The highest BCUT2D eigenvalue weighted by atomic mass is 35.5. The number of aromatic nitrogens is 3. The van der Waals surface area contributed by atoms with E-state index in [-0.39, 0.29) is 12.4 Å². The van der Waals surface area contributed by atoms with Crippen LogP contribution in [0.1, 0.15) is 6.42 Å². The molecule has 0 saturated carbocycles. The zero-order valence-corrected chi connectivity index (χ0v) is 17.7. The number of aryl methyl sites for hydroxylation is 1. The molecule has 3 heterocycles. The molecule has 2 aromatic heterocycles. The molecule has 0 aliphatic carbocycles. The van der Waals surface area contributed by atoms with Crippen molar-refractivity contribution in [1.29, 1.82) is 0 Å². The Kier molecular flexibility index (Phi) is 6.11. The number of hydrogen-bond donors (Lipinski definition) is 0. The minimum absolute atomic E-state index is 0. The predicted molar refractivity (Wildman–Crippen MR) is 120 cm³/mol. The number of ether oxygens (including phenoxy) is 1. The first-order valence-electron chi connectivity index (χ1n) is 9.82. The average Bonchev–Trinajstić information content (AvgIpc) is 3.26. The summed E-state index contributed by atoms with van der Waals surface area (Å²) in [6.07, 6.45) is 3.27. The van der Waals surface area contributed by atoms with Gasteiger partial charge < -0.3 is 9.30 Å². The fourth-order valence-corrected chi connectivity index (χ4v) is 4.12. The molecule has 1 fully saturated rings. The van der Waals surface area contributed by atoms with Crippen molar-refractivity contribution in [3.63, 3.8) is 0 Å². The summed E-state index contributed by atoms with van der Waals surface area (Å²) in [6.45, 7) is 5.74. The van der Waals surface area contributed by atoms with Crippen molar-refractivity contribution in [3.05, 3.63) is 59.8 Å². The van der Waals surface area contributed by atoms with E-state index < -0.39 is 0 Å². The Morgan fingerprint density at radius 1 is 0.966 bits per heavy atom. The summed E-state index contributed by atoms with van der Waals surface area (Å²) < 4.78 is 10.00. The predicted octanol–water partition coefficient (Wildman–Crippen LogP) is 4.75. The minimum atomic E-state index is 0. The van der Waals surface area contributed by atoms with Crippen LogP contribution in [0.4, 0.5) is 0 Å². The third kappa shape index (κ3) is 4.01. The van der Waals surface area contributed by atoms with Crippen LogP contribution in [-0.2, 0) is 11.3 Å². The largest absolute Gasteiger partial charge is 0.379 e. The molecule has 0 unspecified atom stereocenters. The lowest BCUT2D eigenvalue weighted by atomic mass is 10.1. The Bertz CT molecular complexity index is 1100. The van der Waals surface area contributed by atoms with Gasteiger partial charge in [0.1, 0.15) is 0 Å². The summed E-state index contributed by atoms with van der Waals surface area (Å²) >= 11 is 6.10. The zero-order valence-electron chi connectivity index (χ0n) is 16.1. The van der Waals surface area contributed by atoms with Gasteiger partial charge in [-0.05, 0) is 36.2 Å². The topological polar surface area (TPSA) is 34.7 Å². The molecule has 0 radical (unpaired) electrons. The normalized spacial score (nSPS) is 15.1. The molecule has 0 N–H and O–H groups in total. The first kappa shape index (κ1) is 20.2. The summed E-state index contributed by atoms with van der Waals surface area (Å²) in [5, 5.41) is 0.754. The highest BCUT2D eigenvalue weighted by Crippen LogP contribution is 2.28. The van der Waals surface area contributed by atoms with Gasteiger partial charge in [0.15, 0.2) is 0 Å². The second-order valence-corrected chi connectivity index (χ2v) is 7.69. The van der Waals surface area contributed by atoms with Gasteiger partial charge in [0.25, 0.3) is 0 Å². The monoisotopic (exact) mass is 430 g/mol. The van der Waals surface area contributed by atoms with E-state index >= 15 is 0 Å². The van der Waals surface area contributed by atoms with Crippen LogP contribution in [0, 0.1) is 0 Å². The van der Waals surface area contributed by atoms with Gasteiger partial charge in [-0.15, -0.1) is 12.4 Å². The zero-order chi connectivity index (χ0) is 18.9. The number of rotatable bonds is 5. The first-order valence-corrected chi connectivity index (χ1v) is 10.2. The van der Waals surface area contributed by atoms with Crippen LogP contribution in [0.5, 0.6) is 0 Å². The minimum Gasteiger partial charge on any atom is -0.379 e. The van der Waals surface area contributed by atoms with Crippen molar-refractivity contribution in [2.24, 2.45) is 0 Å². The number of fused-ring (bicyclic) bond motifs is 3. The SMILES string of the molecule is Cl.Clc1ccc(-c2cn3c4ccccc4nc3n2CCCN2CCOCC2)cc1. The number of morpholine rings is 1. The van der Waals surface area contributed by atoms with Crippen molar-refractivity contribution in [2.45, 2.75) is 13.0 Å². The van der Waals surface area contributed by atoms with Crippen LogP contribution >= 0.6 is 24.0 Å². The van der Waals surface area contributed by atoms with Crippen molar-refractivity contribution < 1.29 is 4.74 Å². The molecule has 0 bridgehead atoms. The molecule has 1 aliphatic heterocycles. The number of para-hydroxylation sites is 2. The maximum Gasteiger partial charge on any atom is 0.215 e. The van der Waals surface area contributed by atoms with E-state index in [1.165, 1.54) is 5.69 Å². The molecule has 0 atom stereocenters.